The quantitative estimate of drug-likeness (QED) is 0.626. The monoisotopic (exact) mass is 184 g/mol. The normalized spacial score (nSPS) is 14.4. The van der Waals surface area contributed by atoms with Crippen LogP contribution in [0.2, 0.25) is 0 Å². The summed E-state index contributed by atoms with van der Waals surface area (Å²) in [6.45, 7) is 3.93. The molecule has 0 saturated carbocycles. The van der Waals surface area contributed by atoms with E-state index in [1.165, 1.54) is 5.69 Å². The van der Waals surface area contributed by atoms with Crippen molar-refractivity contribution in [3.05, 3.63) is 41.5 Å². The second-order valence-corrected chi connectivity index (χ2v) is 3.49. The van der Waals surface area contributed by atoms with Gasteiger partial charge in [-0.2, -0.15) is 5.26 Å². The van der Waals surface area contributed by atoms with E-state index in [0.717, 1.165) is 24.2 Å². The molecule has 2 rings (SSSR count). The maximum atomic E-state index is 8.80. The van der Waals surface area contributed by atoms with Crippen molar-refractivity contribution in [2.24, 2.45) is 0 Å². The third-order valence-electron chi connectivity index (χ3n) is 2.51. The summed E-state index contributed by atoms with van der Waals surface area (Å²) in [5.41, 5.74) is 3.02. The molecule has 1 heterocycles. The molecule has 14 heavy (non-hydrogen) atoms. The Morgan fingerprint density at radius 3 is 2.57 bits per heavy atom. The predicted molar refractivity (Wildman–Crippen MR) is 57.2 cm³/mol. The molecule has 1 aliphatic rings. The zero-order valence-corrected chi connectivity index (χ0v) is 8.20. The summed E-state index contributed by atoms with van der Waals surface area (Å²) >= 11 is 0. The van der Waals surface area contributed by atoms with Crippen LogP contribution >= 0.6 is 0 Å². The fourth-order valence-corrected chi connectivity index (χ4v) is 1.66. The van der Waals surface area contributed by atoms with E-state index in [-0.39, 0.29) is 0 Å². The van der Waals surface area contributed by atoms with E-state index in [2.05, 4.69) is 29.2 Å². The van der Waals surface area contributed by atoms with E-state index in [4.69, 9.17) is 5.26 Å². The van der Waals surface area contributed by atoms with Gasteiger partial charge in [0.05, 0.1) is 11.6 Å². The van der Waals surface area contributed by atoms with Crippen molar-refractivity contribution in [2.75, 3.05) is 18.0 Å². The zero-order valence-electron chi connectivity index (χ0n) is 8.20. The first-order valence-corrected chi connectivity index (χ1v) is 4.72. The second kappa shape index (κ2) is 3.55. The van der Waals surface area contributed by atoms with Gasteiger partial charge in [-0.15, -0.1) is 0 Å². The van der Waals surface area contributed by atoms with Crippen LogP contribution in [0.3, 0.4) is 0 Å². The molecule has 2 heteroatoms. The lowest BCUT2D eigenvalue weighted by atomic mass is 10.1. The number of hydrogen-bond acceptors (Lipinski definition) is 2. The van der Waals surface area contributed by atoms with Crippen LogP contribution in [-0.2, 0) is 0 Å². The van der Waals surface area contributed by atoms with Gasteiger partial charge in [-0.25, -0.2) is 0 Å². The minimum Gasteiger partial charge on any atom is -0.364 e. The zero-order chi connectivity index (χ0) is 9.97. The van der Waals surface area contributed by atoms with Crippen LogP contribution in [0.1, 0.15) is 11.1 Å². The molecule has 0 amide bonds. The van der Waals surface area contributed by atoms with E-state index < -0.39 is 0 Å². The average Bonchev–Trinajstić information content (AvgIpc) is 2.70. The highest BCUT2D eigenvalue weighted by molar-refractivity contribution is 5.55. The van der Waals surface area contributed by atoms with Gasteiger partial charge in [-0.05, 0) is 30.7 Å². The van der Waals surface area contributed by atoms with E-state index >= 15 is 0 Å². The number of nitriles is 1. The van der Waals surface area contributed by atoms with Crippen molar-refractivity contribution >= 4 is 5.69 Å². The lowest BCUT2D eigenvalue weighted by molar-refractivity contribution is 1.00. The van der Waals surface area contributed by atoms with E-state index in [0.29, 0.717) is 0 Å². The highest BCUT2D eigenvalue weighted by atomic mass is 15.1. The molecular formula is C12H12N2. The van der Waals surface area contributed by atoms with Crippen LogP contribution in [0.5, 0.6) is 0 Å². The number of hydrogen-bond donors (Lipinski definition) is 0. The van der Waals surface area contributed by atoms with Crippen molar-refractivity contribution in [3.63, 3.8) is 0 Å². The molecule has 0 aromatic heterocycles. The molecule has 0 atom stereocenters. The third kappa shape index (κ3) is 1.49. The van der Waals surface area contributed by atoms with Gasteiger partial charge >= 0.3 is 0 Å². The Hall–Kier alpha value is -1.75. The molecule has 70 valence electrons. The summed E-state index contributed by atoms with van der Waals surface area (Å²) in [7, 11) is 0. The fraction of sp³-hybridized carbons (Fsp3) is 0.250. The van der Waals surface area contributed by atoms with Gasteiger partial charge in [0.25, 0.3) is 0 Å². The van der Waals surface area contributed by atoms with Gasteiger partial charge < -0.3 is 4.90 Å². The smallest absolute Gasteiger partial charge is 0.0994 e. The Labute approximate surface area is 84.1 Å². The van der Waals surface area contributed by atoms with Crippen LogP contribution in [0, 0.1) is 18.3 Å². The topological polar surface area (TPSA) is 27.0 Å². The Balaban J connectivity index is 2.29. The van der Waals surface area contributed by atoms with Crippen LogP contribution in [-0.4, -0.2) is 13.1 Å². The molecule has 0 spiro atoms. The average molecular weight is 184 g/mol. The molecule has 0 aliphatic carbocycles. The van der Waals surface area contributed by atoms with Crippen LogP contribution in [0.15, 0.2) is 30.4 Å². The molecule has 2 nitrogen and oxygen atoms in total. The molecule has 1 aromatic rings. The molecule has 0 fully saturated rings. The van der Waals surface area contributed by atoms with Gasteiger partial charge in [0.1, 0.15) is 0 Å². The minimum absolute atomic E-state index is 0.765. The number of rotatable bonds is 1. The van der Waals surface area contributed by atoms with Crippen molar-refractivity contribution in [1.29, 1.82) is 5.26 Å². The first-order valence-electron chi connectivity index (χ1n) is 4.72. The molecular weight excluding hydrogens is 172 g/mol. The largest absolute Gasteiger partial charge is 0.364 e. The van der Waals surface area contributed by atoms with Gasteiger partial charge in [0, 0.05) is 18.8 Å². The maximum Gasteiger partial charge on any atom is 0.0994 e. The van der Waals surface area contributed by atoms with Gasteiger partial charge in [-0.1, -0.05) is 12.2 Å². The van der Waals surface area contributed by atoms with Gasteiger partial charge in [0.2, 0.25) is 0 Å². The summed E-state index contributed by atoms with van der Waals surface area (Å²) in [5, 5.41) is 8.80. The van der Waals surface area contributed by atoms with Gasteiger partial charge in [0.15, 0.2) is 0 Å². The molecule has 0 radical (unpaired) electrons. The summed E-state index contributed by atoms with van der Waals surface area (Å²) in [6.07, 6.45) is 4.32. The van der Waals surface area contributed by atoms with Crippen molar-refractivity contribution in [2.45, 2.75) is 6.92 Å². The number of aryl methyl sites for hydroxylation is 1. The van der Waals surface area contributed by atoms with E-state index in [1.807, 2.05) is 19.1 Å². The molecule has 1 aliphatic heterocycles. The highest BCUT2D eigenvalue weighted by Crippen LogP contribution is 2.20. The summed E-state index contributed by atoms with van der Waals surface area (Å²) in [6, 6.07) is 8.16. The number of nitrogens with zero attached hydrogens (tertiary/aromatic N) is 2. The first-order chi connectivity index (χ1) is 6.81. The molecule has 0 bridgehead atoms. The predicted octanol–water partition coefficient (Wildman–Crippen LogP) is 2.24. The number of anilines is 1. The summed E-state index contributed by atoms with van der Waals surface area (Å²) < 4.78 is 0. The van der Waals surface area contributed by atoms with E-state index in [1.54, 1.807) is 0 Å². The Morgan fingerprint density at radius 1 is 1.29 bits per heavy atom. The number of benzene rings is 1. The standard InChI is InChI=1S/C12H12N2/c1-10-8-12(5-4-11(10)9-13)14-6-2-3-7-14/h2-5,8H,6-7H2,1H3. The Kier molecular flexibility index (Phi) is 2.24. The lowest BCUT2D eigenvalue weighted by Crippen LogP contribution is -2.18. The lowest BCUT2D eigenvalue weighted by Gasteiger charge is -2.18. The first kappa shape index (κ1) is 8.83. The third-order valence-corrected chi connectivity index (χ3v) is 2.51. The van der Waals surface area contributed by atoms with E-state index in [9.17, 15) is 0 Å². The summed E-state index contributed by atoms with van der Waals surface area (Å²) in [4.78, 5) is 2.27. The maximum absolute atomic E-state index is 8.80. The molecule has 1 aromatic carbocycles. The molecule has 0 saturated heterocycles. The SMILES string of the molecule is Cc1cc(N2CC=CC2)ccc1C#N. The molecule has 0 unspecified atom stereocenters. The summed E-state index contributed by atoms with van der Waals surface area (Å²) in [5.74, 6) is 0. The Morgan fingerprint density at radius 2 is 2.00 bits per heavy atom. The van der Waals surface area contributed by atoms with Crippen LogP contribution in [0.4, 0.5) is 5.69 Å². The molecule has 0 N–H and O–H groups in total. The van der Waals surface area contributed by atoms with Crippen LogP contribution in [0.25, 0.3) is 0 Å². The fourth-order valence-electron chi connectivity index (χ4n) is 1.66. The van der Waals surface area contributed by atoms with Crippen molar-refractivity contribution < 1.29 is 0 Å². The second-order valence-electron chi connectivity index (χ2n) is 3.49. The highest BCUT2D eigenvalue weighted by Gasteiger charge is 2.08. The minimum atomic E-state index is 0.765. The Bertz CT molecular complexity index is 405. The van der Waals surface area contributed by atoms with Gasteiger partial charge in [-0.3, -0.25) is 0 Å². The van der Waals surface area contributed by atoms with Crippen molar-refractivity contribution in [1.82, 2.24) is 0 Å². The van der Waals surface area contributed by atoms with Crippen LogP contribution < -0.4 is 4.90 Å². The van der Waals surface area contributed by atoms with Crippen molar-refractivity contribution in [3.8, 4) is 6.07 Å².